The van der Waals surface area contributed by atoms with Gasteiger partial charge in [-0.3, -0.25) is 14.7 Å². The first-order chi connectivity index (χ1) is 24.9. The van der Waals surface area contributed by atoms with E-state index < -0.39 is 6.29 Å². The van der Waals surface area contributed by atoms with Crippen LogP contribution in [0.3, 0.4) is 0 Å². The fourth-order valence-electron chi connectivity index (χ4n) is 6.66. The Hall–Kier alpha value is -5.25. The van der Waals surface area contributed by atoms with Crippen molar-refractivity contribution in [1.29, 1.82) is 0 Å². The van der Waals surface area contributed by atoms with E-state index in [1.54, 1.807) is 0 Å². The number of hydrogen-bond acceptors (Lipinski definition) is 7. The lowest BCUT2D eigenvalue weighted by molar-refractivity contribution is -0.276. The average molecular weight is 679 g/mol. The smallest absolute Gasteiger partial charge is 0.271 e. The van der Waals surface area contributed by atoms with E-state index in [-0.39, 0.29) is 36.3 Å². The fraction of sp³-hybridized carbons (Fsp3) is 0.233. The molecule has 1 fully saturated rings. The number of nitrogens with one attached hydrogen (secondary N) is 1. The van der Waals surface area contributed by atoms with Gasteiger partial charge in [-0.05, 0) is 64.7 Å². The summed E-state index contributed by atoms with van der Waals surface area (Å²) in [5.41, 5.74) is 8.84. The summed E-state index contributed by atoms with van der Waals surface area (Å²) >= 11 is 0. The lowest BCUT2D eigenvalue weighted by atomic mass is 9.90. The molecule has 1 aliphatic rings. The summed E-state index contributed by atoms with van der Waals surface area (Å²) in [5.74, 6) is -0.193. The molecule has 4 unspecified atom stereocenters. The summed E-state index contributed by atoms with van der Waals surface area (Å²) in [4.78, 5) is 24.1. The predicted octanol–water partition coefficient (Wildman–Crippen LogP) is 7.64. The zero-order valence-electron chi connectivity index (χ0n) is 28.9. The van der Waals surface area contributed by atoms with Crippen molar-refractivity contribution in [3.63, 3.8) is 0 Å². The number of amides is 1. The van der Waals surface area contributed by atoms with E-state index in [9.17, 15) is 9.90 Å². The third kappa shape index (κ3) is 8.22. The Kier molecular flexibility index (Phi) is 10.6. The maximum Gasteiger partial charge on any atom is 0.271 e. The SMILES string of the molecule is CC1C(CN(C)Cc2ccccc2)OC(c2cccc(-c3cccc(CNC(=O)c4cnc5ccccc5n4)c3)c2)OC1c1ccc(CO)cc1. The molecule has 1 amide bonds. The highest BCUT2D eigenvalue weighted by Gasteiger charge is 2.39. The maximum absolute atomic E-state index is 12.9. The molecule has 0 bridgehead atoms. The molecule has 258 valence electrons. The minimum Gasteiger partial charge on any atom is -0.392 e. The van der Waals surface area contributed by atoms with Crippen molar-refractivity contribution in [2.45, 2.75) is 45.1 Å². The number of likely N-dealkylation sites (N-methyl/N-ethyl adjacent to an activating group) is 1. The molecule has 7 rings (SSSR count). The second-order valence-corrected chi connectivity index (χ2v) is 13.3. The van der Waals surface area contributed by atoms with Crippen LogP contribution in [0.2, 0.25) is 0 Å². The van der Waals surface area contributed by atoms with Crippen molar-refractivity contribution in [3.8, 4) is 11.1 Å². The Labute approximate surface area is 298 Å². The van der Waals surface area contributed by atoms with Crippen LogP contribution in [0.5, 0.6) is 0 Å². The largest absolute Gasteiger partial charge is 0.392 e. The normalized spacial score (nSPS) is 18.9. The van der Waals surface area contributed by atoms with Gasteiger partial charge in [-0.15, -0.1) is 0 Å². The van der Waals surface area contributed by atoms with Gasteiger partial charge in [0.15, 0.2) is 6.29 Å². The summed E-state index contributed by atoms with van der Waals surface area (Å²) in [7, 11) is 2.13. The van der Waals surface area contributed by atoms with Crippen LogP contribution in [0.25, 0.3) is 22.2 Å². The lowest BCUT2D eigenvalue weighted by Gasteiger charge is -2.42. The van der Waals surface area contributed by atoms with Gasteiger partial charge in [0.1, 0.15) is 5.69 Å². The Balaban J connectivity index is 1.09. The molecule has 1 aromatic heterocycles. The lowest BCUT2D eigenvalue weighted by Crippen LogP contribution is -2.43. The molecule has 51 heavy (non-hydrogen) atoms. The molecule has 0 radical (unpaired) electrons. The van der Waals surface area contributed by atoms with Crippen molar-refractivity contribution in [2.24, 2.45) is 5.92 Å². The zero-order valence-corrected chi connectivity index (χ0v) is 28.9. The van der Waals surface area contributed by atoms with Crippen LogP contribution in [-0.2, 0) is 29.2 Å². The Bertz CT molecular complexity index is 2090. The highest BCUT2D eigenvalue weighted by atomic mass is 16.7. The van der Waals surface area contributed by atoms with Crippen molar-refractivity contribution >= 4 is 16.9 Å². The molecule has 0 saturated carbocycles. The third-order valence-corrected chi connectivity index (χ3v) is 9.46. The number of para-hydroxylation sites is 2. The van der Waals surface area contributed by atoms with Crippen LogP contribution in [0.4, 0.5) is 0 Å². The number of aliphatic hydroxyl groups excluding tert-OH is 1. The number of rotatable bonds is 11. The molecule has 1 aliphatic heterocycles. The summed E-state index contributed by atoms with van der Waals surface area (Å²) in [5, 5.41) is 12.6. The number of carbonyl (C=O) groups is 1. The molecule has 1 saturated heterocycles. The van der Waals surface area contributed by atoms with Crippen LogP contribution < -0.4 is 5.32 Å². The van der Waals surface area contributed by atoms with Crippen LogP contribution in [0.15, 0.2) is 134 Å². The summed E-state index contributed by atoms with van der Waals surface area (Å²) in [6.07, 6.45) is 0.637. The fourth-order valence-corrected chi connectivity index (χ4v) is 6.66. The Morgan fingerprint density at radius 3 is 2.25 bits per heavy atom. The average Bonchev–Trinajstić information content (AvgIpc) is 3.18. The maximum atomic E-state index is 12.9. The summed E-state index contributed by atoms with van der Waals surface area (Å²) < 4.78 is 13.5. The van der Waals surface area contributed by atoms with E-state index in [0.717, 1.165) is 52.0 Å². The predicted molar refractivity (Wildman–Crippen MR) is 198 cm³/mol. The number of hydrogen-bond donors (Lipinski definition) is 2. The van der Waals surface area contributed by atoms with E-state index in [1.807, 2.05) is 72.8 Å². The third-order valence-electron chi connectivity index (χ3n) is 9.46. The van der Waals surface area contributed by atoms with Gasteiger partial charge in [-0.2, -0.15) is 0 Å². The van der Waals surface area contributed by atoms with Crippen molar-refractivity contribution in [3.05, 3.63) is 167 Å². The number of benzene rings is 5. The second kappa shape index (κ2) is 15.7. The molecule has 0 spiro atoms. The molecule has 8 nitrogen and oxygen atoms in total. The quantitative estimate of drug-likeness (QED) is 0.145. The first-order valence-corrected chi connectivity index (χ1v) is 17.4. The molecule has 0 aliphatic carbocycles. The molecule has 2 heterocycles. The van der Waals surface area contributed by atoms with Gasteiger partial charge in [0, 0.05) is 31.1 Å². The summed E-state index contributed by atoms with van der Waals surface area (Å²) in [6.45, 7) is 4.09. The number of aromatic nitrogens is 2. The number of carbonyl (C=O) groups excluding carboxylic acids is 1. The Morgan fingerprint density at radius 1 is 0.765 bits per heavy atom. The van der Waals surface area contributed by atoms with Gasteiger partial charge < -0.3 is 19.9 Å². The standard InChI is InChI=1S/C43H42N4O4/c1-29-40(27-47(2)26-30-10-4-3-5-11-30)50-43(51-41(29)33-20-18-31(28-48)19-21-33)36-15-9-14-35(23-36)34-13-8-12-32(22-34)24-45-42(49)39-25-44-37-16-6-7-17-38(37)46-39/h3-23,25,29,40-41,43,48H,24,26-28H2,1-2H3,(H,45,49). The highest BCUT2D eigenvalue weighted by molar-refractivity contribution is 5.93. The molecule has 4 atom stereocenters. The number of nitrogens with zero attached hydrogens (tertiary/aromatic N) is 3. The monoisotopic (exact) mass is 678 g/mol. The van der Waals surface area contributed by atoms with Crippen molar-refractivity contribution in [2.75, 3.05) is 13.6 Å². The van der Waals surface area contributed by atoms with Gasteiger partial charge >= 0.3 is 0 Å². The van der Waals surface area contributed by atoms with Crippen molar-refractivity contribution < 1.29 is 19.4 Å². The summed E-state index contributed by atoms with van der Waals surface area (Å²) in [6, 6.07) is 42.4. The second-order valence-electron chi connectivity index (χ2n) is 13.3. The van der Waals surface area contributed by atoms with Gasteiger partial charge in [0.2, 0.25) is 0 Å². The minimum absolute atomic E-state index is 0.000497. The Morgan fingerprint density at radius 2 is 1.47 bits per heavy atom. The molecule has 2 N–H and O–H groups in total. The first-order valence-electron chi connectivity index (χ1n) is 17.4. The molecule has 5 aromatic carbocycles. The minimum atomic E-state index is -0.579. The van der Waals surface area contributed by atoms with Crippen LogP contribution in [0.1, 0.15) is 57.6 Å². The van der Waals surface area contributed by atoms with E-state index in [2.05, 4.69) is 88.8 Å². The topological polar surface area (TPSA) is 96.8 Å². The van der Waals surface area contributed by atoms with E-state index in [0.29, 0.717) is 12.1 Å². The van der Waals surface area contributed by atoms with E-state index in [4.69, 9.17) is 9.47 Å². The molecular formula is C43H42N4O4. The van der Waals surface area contributed by atoms with Gasteiger partial charge in [0.25, 0.3) is 5.91 Å². The number of ether oxygens (including phenoxy) is 2. The van der Waals surface area contributed by atoms with Crippen LogP contribution >= 0.6 is 0 Å². The van der Waals surface area contributed by atoms with E-state index in [1.165, 1.54) is 11.8 Å². The number of aliphatic hydroxyl groups is 1. The van der Waals surface area contributed by atoms with Crippen LogP contribution in [0, 0.1) is 5.92 Å². The van der Waals surface area contributed by atoms with Crippen molar-refractivity contribution in [1.82, 2.24) is 20.2 Å². The van der Waals surface area contributed by atoms with Gasteiger partial charge in [-0.1, -0.05) is 110 Å². The highest BCUT2D eigenvalue weighted by Crippen LogP contribution is 2.42. The first kappa shape index (κ1) is 34.2. The molecule has 8 heteroatoms. The zero-order chi connectivity index (χ0) is 35.2. The van der Waals surface area contributed by atoms with Gasteiger partial charge in [-0.25, -0.2) is 4.98 Å². The molecule has 6 aromatic rings. The molecular weight excluding hydrogens is 636 g/mol. The van der Waals surface area contributed by atoms with E-state index >= 15 is 0 Å². The van der Waals surface area contributed by atoms with Crippen LogP contribution in [-0.4, -0.2) is 45.6 Å². The van der Waals surface area contributed by atoms with Gasteiger partial charge in [0.05, 0.1) is 36.0 Å². The number of fused-ring (bicyclic) bond motifs is 1.